The van der Waals surface area contributed by atoms with E-state index in [1.165, 1.54) is 0 Å². The van der Waals surface area contributed by atoms with Crippen LogP contribution in [0.2, 0.25) is 0 Å². The minimum atomic E-state index is -1.16. The fraction of sp³-hybridized carbons (Fsp3) is 0.250. The highest BCUT2D eigenvalue weighted by Gasteiger charge is 2.51. The maximum absolute atomic E-state index is 13.2. The Hall–Kier alpha value is -3.94. The first-order chi connectivity index (χ1) is 15.4. The van der Waals surface area contributed by atoms with Gasteiger partial charge in [0, 0.05) is 6.07 Å². The van der Waals surface area contributed by atoms with Crippen LogP contribution in [0.3, 0.4) is 0 Å². The van der Waals surface area contributed by atoms with E-state index in [0.717, 1.165) is 16.0 Å². The molecule has 0 radical (unpaired) electrons. The Morgan fingerprint density at radius 1 is 1.09 bits per heavy atom. The van der Waals surface area contributed by atoms with Crippen LogP contribution in [0, 0.1) is 6.92 Å². The number of urea groups is 1. The molecule has 0 bridgehead atoms. The number of nitrogens with one attached hydrogen (secondary N) is 2. The minimum Gasteiger partial charge on any atom is -0.319 e. The summed E-state index contributed by atoms with van der Waals surface area (Å²) < 4.78 is 1.67. The van der Waals surface area contributed by atoms with Crippen molar-refractivity contribution in [3.05, 3.63) is 83.6 Å². The third kappa shape index (κ3) is 3.99. The number of carbonyl (C=O) groups excluding carboxylic acids is 3. The predicted molar refractivity (Wildman–Crippen MR) is 120 cm³/mol. The largest absolute Gasteiger partial charge is 0.325 e. The molecule has 164 valence electrons. The molecule has 1 fully saturated rings. The predicted octanol–water partition coefficient (Wildman–Crippen LogP) is 3.04. The van der Waals surface area contributed by atoms with E-state index in [4.69, 9.17) is 0 Å². The van der Waals surface area contributed by atoms with Gasteiger partial charge >= 0.3 is 6.03 Å². The molecule has 8 nitrogen and oxygen atoms in total. The number of carbonyl (C=O) groups is 3. The van der Waals surface area contributed by atoms with E-state index >= 15 is 0 Å². The third-order valence-electron chi connectivity index (χ3n) is 5.67. The fourth-order valence-electron chi connectivity index (χ4n) is 4.01. The number of amides is 4. The highest BCUT2D eigenvalue weighted by Crippen LogP contribution is 2.32. The Bertz CT molecular complexity index is 1160. The van der Waals surface area contributed by atoms with Crippen LogP contribution in [0.15, 0.2) is 66.9 Å². The lowest BCUT2D eigenvalue weighted by Gasteiger charge is -2.25. The number of nitrogens with zero attached hydrogens (tertiary/aromatic N) is 3. The molecule has 2 N–H and O–H groups in total. The Morgan fingerprint density at radius 2 is 1.88 bits per heavy atom. The van der Waals surface area contributed by atoms with Crippen molar-refractivity contribution in [2.75, 3.05) is 11.9 Å². The molecule has 1 atom stereocenters. The van der Waals surface area contributed by atoms with Crippen molar-refractivity contribution < 1.29 is 14.4 Å². The molecule has 4 rings (SSSR count). The van der Waals surface area contributed by atoms with E-state index in [2.05, 4.69) is 21.8 Å². The molecule has 32 heavy (non-hydrogen) atoms. The summed E-state index contributed by atoms with van der Waals surface area (Å²) in [5, 5.41) is 9.83. The van der Waals surface area contributed by atoms with Crippen LogP contribution in [0.1, 0.15) is 30.0 Å². The number of aryl methyl sites for hydroxylation is 1. The van der Waals surface area contributed by atoms with E-state index in [9.17, 15) is 14.4 Å². The van der Waals surface area contributed by atoms with Crippen LogP contribution in [0.5, 0.6) is 0 Å². The molecule has 1 unspecified atom stereocenters. The number of rotatable bonds is 7. The van der Waals surface area contributed by atoms with Gasteiger partial charge in [-0.25, -0.2) is 9.48 Å². The number of aromatic nitrogens is 2. The maximum atomic E-state index is 13.2. The van der Waals surface area contributed by atoms with Crippen LogP contribution < -0.4 is 10.6 Å². The lowest BCUT2D eigenvalue weighted by molar-refractivity contribution is -0.134. The van der Waals surface area contributed by atoms with Gasteiger partial charge in [-0.2, -0.15) is 5.10 Å². The number of hydrogen-bond donors (Lipinski definition) is 2. The summed E-state index contributed by atoms with van der Waals surface area (Å²) in [5.41, 5.74) is 1.72. The Balaban J connectivity index is 1.47. The zero-order valence-corrected chi connectivity index (χ0v) is 18.0. The molecule has 4 amide bonds. The SMILES string of the molecule is CCC1(c2ccccc2)NC(=O)N(CC(=O)Nc2ccnn2Cc2cccc(C)c2)C1=O. The van der Waals surface area contributed by atoms with Gasteiger partial charge < -0.3 is 10.6 Å². The zero-order chi connectivity index (χ0) is 22.7. The van der Waals surface area contributed by atoms with Crippen molar-refractivity contribution in [3.8, 4) is 0 Å². The van der Waals surface area contributed by atoms with Crippen LogP contribution >= 0.6 is 0 Å². The van der Waals surface area contributed by atoms with Gasteiger partial charge in [0.2, 0.25) is 5.91 Å². The number of benzene rings is 2. The number of anilines is 1. The van der Waals surface area contributed by atoms with Crippen molar-refractivity contribution in [1.29, 1.82) is 0 Å². The Kier molecular flexibility index (Phi) is 5.77. The van der Waals surface area contributed by atoms with Gasteiger partial charge in [0.1, 0.15) is 17.9 Å². The minimum absolute atomic E-state index is 0.378. The average molecular weight is 431 g/mol. The monoisotopic (exact) mass is 431 g/mol. The molecule has 1 aliphatic rings. The summed E-state index contributed by atoms with van der Waals surface area (Å²) in [6.07, 6.45) is 1.97. The van der Waals surface area contributed by atoms with Crippen molar-refractivity contribution in [2.24, 2.45) is 0 Å². The first-order valence-electron chi connectivity index (χ1n) is 10.5. The van der Waals surface area contributed by atoms with E-state index in [-0.39, 0.29) is 6.54 Å². The molecule has 0 aliphatic carbocycles. The fourth-order valence-corrected chi connectivity index (χ4v) is 4.01. The van der Waals surface area contributed by atoms with Gasteiger partial charge in [-0.15, -0.1) is 0 Å². The summed E-state index contributed by atoms with van der Waals surface area (Å²) >= 11 is 0. The average Bonchev–Trinajstić information content (AvgIpc) is 3.31. The molecule has 1 aliphatic heterocycles. The molecular weight excluding hydrogens is 406 g/mol. The lowest BCUT2D eigenvalue weighted by atomic mass is 9.87. The summed E-state index contributed by atoms with van der Waals surface area (Å²) in [5.74, 6) is -0.410. The second-order valence-electron chi connectivity index (χ2n) is 7.86. The summed E-state index contributed by atoms with van der Waals surface area (Å²) in [6.45, 7) is 3.95. The van der Waals surface area contributed by atoms with E-state index in [0.29, 0.717) is 24.3 Å². The van der Waals surface area contributed by atoms with Gasteiger partial charge in [0.25, 0.3) is 5.91 Å². The van der Waals surface area contributed by atoms with Crippen LogP contribution in [0.25, 0.3) is 0 Å². The quantitative estimate of drug-likeness (QED) is 0.562. The second-order valence-corrected chi connectivity index (χ2v) is 7.86. The second kappa shape index (κ2) is 8.66. The molecule has 0 spiro atoms. The lowest BCUT2D eigenvalue weighted by Crippen LogP contribution is -2.44. The van der Waals surface area contributed by atoms with Gasteiger partial charge in [-0.3, -0.25) is 14.5 Å². The molecule has 3 aromatic rings. The smallest absolute Gasteiger partial charge is 0.319 e. The Labute approximate surface area is 186 Å². The van der Waals surface area contributed by atoms with Crippen molar-refractivity contribution in [2.45, 2.75) is 32.4 Å². The molecule has 1 aromatic heterocycles. The summed E-state index contributed by atoms with van der Waals surface area (Å²) in [6, 6.07) is 18.2. The Morgan fingerprint density at radius 3 is 2.59 bits per heavy atom. The molecular formula is C24H25N5O3. The number of hydrogen-bond acceptors (Lipinski definition) is 4. The molecule has 2 heterocycles. The maximum Gasteiger partial charge on any atom is 0.325 e. The van der Waals surface area contributed by atoms with Crippen molar-refractivity contribution >= 4 is 23.7 Å². The molecule has 1 saturated heterocycles. The van der Waals surface area contributed by atoms with Crippen LogP contribution in [-0.4, -0.2) is 39.1 Å². The topological polar surface area (TPSA) is 96.3 Å². The summed E-state index contributed by atoms with van der Waals surface area (Å²) in [7, 11) is 0. The van der Waals surface area contributed by atoms with E-state index in [1.54, 1.807) is 29.1 Å². The first kappa shape index (κ1) is 21.3. The molecule has 0 saturated carbocycles. The van der Waals surface area contributed by atoms with E-state index < -0.39 is 23.4 Å². The molecule has 8 heteroatoms. The van der Waals surface area contributed by atoms with Gasteiger partial charge in [-0.05, 0) is 24.5 Å². The molecule has 2 aromatic carbocycles. The van der Waals surface area contributed by atoms with Gasteiger partial charge in [0.05, 0.1) is 12.7 Å². The van der Waals surface area contributed by atoms with Crippen LogP contribution in [0.4, 0.5) is 10.6 Å². The van der Waals surface area contributed by atoms with E-state index in [1.807, 2.05) is 50.2 Å². The van der Waals surface area contributed by atoms with Crippen molar-refractivity contribution in [3.63, 3.8) is 0 Å². The van der Waals surface area contributed by atoms with Gasteiger partial charge in [0.15, 0.2) is 0 Å². The van der Waals surface area contributed by atoms with Crippen molar-refractivity contribution in [1.82, 2.24) is 20.0 Å². The highest BCUT2D eigenvalue weighted by atomic mass is 16.2. The van der Waals surface area contributed by atoms with Gasteiger partial charge in [-0.1, -0.05) is 67.1 Å². The zero-order valence-electron chi connectivity index (χ0n) is 18.0. The standard InChI is InChI=1S/C24H25N5O3/c1-3-24(19-10-5-4-6-11-19)22(31)28(23(32)27-24)16-21(30)26-20-12-13-25-29(20)15-18-9-7-8-17(2)14-18/h4-14H,3,15-16H2,1-2H3,(H,26,30)(H,27,32). The first-order valence-corrected chi connectivity index (χ1v) is 10.5. The third-order valence-corrected chi connectivity index (χ3v) is 5.67. The normalized spacial score (nSPS) is 18.0. The highest BCUT2D eigenvalue weighted by molar-refractivity contribution is 6.10. The van der Waals surface area contributed by atoms with Crippen LogP contribution in [-0.2, 0) is 21.7 Å². The summed E-state index contributed by atoms with van der Waals surface area (Å²) in [4.78, 5) is 39.5. The number of imide groups is 1.